The molecular formula is C33H48FN7O3SSi. The Hall–Kier alpha value is -3.03. The highest BCUT2D eigenvalue weighted by molar-refractivity contribution is 7.98. The number of aromatic nitrogens is 5. The lowest BCUT2D eigenvalue weighted by Gasteiger charge is -2.27. The lowest BCUT2D eigenvalue weighted by molar-refractivity contribution is -0.119. The van der Waals surface area contributed by atoms with Gasteiger partial charge in [-0.2, -0.15) is 26.3 Å². The monoisotopic (exact) mass is 669 g/mol. The molecule has 2 aliphatic carbocycles. The van der Waals surface area contributed by atoms with Crippen molar-refractivity contribution in [2.75, 3.05) is 23.9 Å². The number of amides is 2. The molecule has 2 saturated carbocycles. The first-order valence-corrected chi connectivity index (χ1v) is 21.5. The van der Waals surface area contributed by atoms with E-state index in [2.05, 4.69) is 45.5 Å². The molecule has 250 valence electrons. The number of nitrogens with one attached hydrogen (secondary N) is 2. The molecule has 0 bridgehead atoms. The average molecular weight is 670 g/mol. The molecule has 0 aromatic carbocycles. The molecule has 3 aromatic rings. The maximum Gasteiger partial charge on any atom is 0.270 e. The van der Waals surface area contributed by atoms with Crippen LogP contribution in [-0.2, 0) is 29.2 Å². The van der Waals surface area contributed by atoms with Crippen molar-refractivity contribution in [2.24, 2.45) is 17.8 Å². The number of halogens is 1. The number of ether oxygens (including phenoxy) is 1. The minimum atomic E-state index is -1.21. The summed E-state index contributed by atoms with van der Waals surface area (Å²) in [6, 6.07) is 5.25. The zero-order chi connectivity index (χ0) is 33.0. The summed E-state index contributed by atoms with van der Waals surface area (Å²) >= 11 is 1.68. The van der Waals surface area contributed by atoms with Gasteiger partial charge in [-0.05, 0) is 87.3 Å². The molecule has 0 spiro atoms. The largest absolute Gasteiger partial charge is 0.360 e. The van der Waals surface area contributed by atoms with Gasteiger partial charge in [0, 0.05) is 43.5 Å². The van der Waals surface area contributed by atoms with Crippen LogP contribution in [0.2, 0.25) is 25.7 Å². The third-order valence-corrected chi connectivity index (χ3v) is 11.2. The molecule has 0 aliphatic heterocycles. The van der Waals surface area contributed by atoms with E-state index in [0.29, 0.717) is 60.7 Å². The van der Waals surface area contributed by atoms with E-state index >= 15 is 4.39 Å². The fraction of sp³-hybridized carbons (Fsp3) is 0.606. The Balaban J connectivity index is 1.33. The van der Waals surface area contributed by atoms with Gasteiger partial charge in [0.2, 0.25) is 11.9 Å². The molecule has 13 heteroatoms. The summed E-state index contributed by atoms with van der Waals surface area (Å²) in [7, 11) is -1.21. The molecule has 1 atom stereocenters. The second-order valence-electron chi connectivity index (χ2n) is 13.8. The number of aryl methyl sites for hydroxylation is 2. The molecule has 5 rings (SSSR count). The summed E-state index contributed by atoms with van der Waals surface area (Å²) in [5, 5.41) is 14.8. The molecule has 0 saturated heterocycles. The van der Waals surface area contributed by atoms with Crippen LogP contribution in [0.5, 0.6) is 0 Å². The summed E-state index contributed by atoms with van der Waals surface area (Å²) in [5.41, 5.74) is 3.02. The standard InChI is InChI=1S/C33H48FN7O3SSi/c1-7-25-28(21(2)39-41(25)20-44-17-19-46(4,5)6)24-12-13-27(36-31(24)34)37-33(43)30(29(22-8-9-22)23-10-11-23)38-32(42)26-14-15-35-40(26)16-18-45-3/h12-15,22-23,29-30H,7-11,16-20H2,1-6H3,(H,38,42)(H,36,37,43)/t30-/m0/s1. The molecular weight excluding hydrogens is 622 g/mol. The molecule has 2 N–H and O–H groups in total. The highest BCUT2D eigenvalue weighted by Gasteiger charge is 2.48. The average Bonchev–Trinajstić information content (AvgIpc) is 3.94. The van der Waals surface area contributed by atoms with Crippen molar-refractivity contribution in [1.82, 2.24) is 29.9 Å². The van der Waals surface area contributed by atoms with Gasteiger partial charge >= 0.3 is 0 Å². The number of rotatable bonds is 17. The molecule has 3 aromatic heterocycles. The van der Waals surface area contributed by atoms with E-state index in [1.54, 1.807) is 45.5 Å². The van der Waals surface area contributed by atoms with Crippen LogP contribution >= 0.6 is 11.8 Å². The molecule has 2 amide bonds. The van der Waals surface area contributed by atoms with E-state index in [9.17, 15) is 9.59 Å². The Morgan fingerprint density at radius 3 is 2.46 bits per heavy atom. The predicted octanol–water partition coefficient (Wildman–Crippen LogP) is 6.00. The van der Waals surface area contributed by atoms with Crippen molar-refractivity contribution in [3.8, 4) is 11.1 Å². The Morgan fingerprint density at radius 1 is 1.13 bits per heavy atom. The number of thioether (sulfide) groups is 1. The first-order valence-electron chi connectivity index (χ1n) is 16.4. The third-order valence-electron chi connectivity index (χ3n) is 8.89. The fourth-order valence-corrected chi connectivity index (χ4v) is 7.31. The number of pyridine rings is 1. The van der Waals surface area contributed by atoms with Gasteiger partial charge < -0.3 is 15.4 Å². The van der Waals surface area contributed by atoms with Crippen LogP contribution in [0.1, 0.15) is 54.5 Å². The van der Waals surface area contributed by atoms with Crippen molar-refractivity contribution < 1.29 is 18.7 Å². The maximum absolute atomic E-state index is 15.7. The van der Waals surface area contributed by atoms with E-state index in [0.717, 1.165) is 43.2 Å². The van der Waals surface area contributed by atoms with Gasteiger partial charge in [0.1, 0.15) is 24.3 Å². The maximum atomic E-state index is 15.7. The summed E-state index contributed by atoms with van der Waals surface area (Å²) in [5.74, 6) is 0.353. The number of nitrogens with zero attached hydrogens (tertiary/aromatic N) is 5. The molecule has 0 unspecified atom stereocenters. The summed E-state index contributed by atoms with van der Waals surface area (Å²) < 4.78 is 25.1. The number of anilines is 1. The van der Waals surface area contributed by atoms with Gasteiger partial charge in [-0.25, -0.2) is 9.67 Å². The lowest BCUT2D eigenvalue weighted by Crippen LogP contribution is -2.50. The van der Waals surface area contributed by atoms with Gasteiger partial charge in [-0.15, -0.1) is 0 Å². The normalized spacial score (nSPS) is 15.7. The molecule has 3 heterocycles. The van der Waals surface area contributed by atoms with Gasteiger partial charge in [-0.1, -0.05) is 26.6 Å². The van der Waals surface area contributed by atoms with E-state index in [1.807, 2.05) is 20.1 Å². The minimum absolute atomic E-state index is 0.0317. The first kappa shape index (κ1) is 34.3. The molecule has 0 radical (unpaired) electrons. The molecule has 46 heavy (non-hydrogen) atoms. The fourth-order valence-electron chi connectivity index (χ4n) is 6.19. The van der Waals surface area contributed by atoms with Crippen molar-refractivity contribution in [3.05, 3.63) is 47.4 Å². The van der Waals surface area contributed by atoms with Gasteiger partial charge in [0.05, 0.1) is 12.2 Å². The molecule has 2 aliphatic rings. The number of carbonyl (C=O) groups is 2. The Bertz CT molecular complexity index is 1520. The van der Waals surface area contributed by atoms with E-state index in [1.165, 1.54) is 0 Å². The van der Waals surface area contributed by atoms with Crippen molar-refractivity contribution in [3.63, 3.8) is 0 Å². The Kier molecular flexibility index (Phi) is 11.0. The zero-order valence-electron chi connectivity index (χ0n) is 27.9. The number of hydrogen-bond acceptors (Lipinski definition) is 7. The van der Waals surface area contributed by atoms with Crippen molar-refractivity contribution in [1.29, 1.82) is 0 Å². The first-order chi connectivity index (χ1) is 22.0. The summed E-state index contributed by atoms with van der Waals surface area (Å²) in [4.78, 5) is 31.5. The highest BCUT2D eigenvalue weighted by Crippen LogP contribution is 2.51. The van der Waals surface area contributed by atoms with Gasteiger partial charge in [0.25, 0.3) is 5.91 Å². The van der Waals surface area contributed by atoms with Crippen LogP contribution < -0.4 is 10.6 Å². The SMILES string of the molecule is CCc1c(-c2ccc(NC(=O)[C@@H](NC(=O)c3ccnn3CCSC)C(C3CC3)C3CC3)nc2F)c(C)nn1COCC[Si](C)(C)C. The van der Waals surface area contributed by atoms with Crippen LogP contribution in [0.25, 0.3) is 11.1 Å². The number of hydrogen-bond donors (Lipinski definition) is 2. The second-order valence-corrected chi connectivity index (χ2v) is 20.4. The van der Waals surface area contributed by atoms with Crippen LogP contribution in [0.15, 0.2) is 24.4 Å². The quantitative estimate of drug-likeness (QED) is 0.103. The summed E-state index contributed by atoms with van der Waals surface area (Å²) in [6.45, 7) is 12.4. The third kappa shape index (κ3) is 8.46. The van der Waals surface area contributed by atoms with Crippen LogP contribution in [0.3, 0.4) is 0 Å². The van der Waals surface area contributed by atoms with E-state index in [-0.39, 0.29) is 23.6 Å². The highest BCUT2D eigenvalue weighted by atomic mass is 32.2. The smallest absolute Gasteiger partial charge is 0.270 e. The topological polar surface area (TPSA) is 116 Å². The van der Waals surface area contributed by atoms with Crippen molar-refractivity contribution in [2.45, 2.75) is 91.0 Å². The van der Waals surface area contributed by atoms with Crippen molar-refractivity contribution >= 4 is 37.5 Å². The predicted molar refractivity (Wildman–Crippen MR) is 183 cm³/mol. The van der Waals surface area contributed by atoms with Gasteiger partial charge in [-0.3, -0.25) is 14.3 Å². The van der Waals surface area contributed by atoms with Crippen LogP contribution in [0.4, 0.5) is 10.2 Å². The second kappa shape index (κ2) is 14.8. The van der Waals surface area contributed by atoms with Crippen LogP contribution in [0, 0.1) is 30.6 Å². The van der Waals surface area contributed by atoms with Gasteiger partial charge in [0.15, 0.2) is 0 Å². The van der Waals surface area contributed by atoms with Crippen LogP contribution in [-0.4, -0.2) is 69.1 Å². The van der Waals surface area contributed by atoms with E-state index < -0.39 is 20.1 Å². The lowest BCUT2D eigenvalue weighted by atomic mass is 9.88. The Labute approximate surface area is 276 Å². The zero-order valence-corrected chi connectivity index (χ0v) is 29.8. The minimum Gasteiger partial charge on any atom is -0.360 e. The number of carbonyl (C=O) groups excluding carboxylic acids is 2. The molecule has 2 fully saturated rings. The van der Waals surface area contributed by atoms with E-state index in [4.69, 9.17) is 4.74 Å². The summed E-state index contributed by atoms with van der Waals surface area (Å²) in [6.07, 6.45) is 8.44. The Morgan fingerprint density at radius 2 is 1.85 bits per heavy atom. The molecule has 10 nitrogen and oxygen atoms in total.